The highest BCUT2D eigenvalue weighted by Gasteiger charge is 2.30. The highest BCUT2D eigenvalue weighted by atomic mass is 19.3. The summed E-state index contributed by atoms with van der Waals surface area (Å²) in [5, 5.41) is 9.03. The molecular formula is C16H12F3N5. The van der Waals surface area contributed by atoms with Crippen molar-refractivity contribution >= 4 is 16.6 Å². The number of hydrogen-bond acceptors (Lipinski definition) is 4. The van der Waals surface area contributed by atoms with E-state index in [4.69, 9.17) is 5.26 Å². The maximum atomic E-state index is 13.9. The Kier molecular flexibility index (Phi) is 3.23. The first kappa shape index (κ1) is 14.6. The van der Waals surface area contributed by atoms with Crippen LogP contribution < -0.4 is 10.9 Å². The lowest BCUT2D eigenvalue weighted by atomic mass is 10.2. The fourth-order valence-electron chi connectivity index (χ4n) is 2.80. The molecule has 0 atom stereocenters. The lowest BCUT2D eigenvalue weighted by Gasteiger charge is -2.17. The molecule has 0 spiro atoms. The first-order chi connectivity index (χ1) is 11.6. The molecule has 122 valence electrons. The molecule has 1 aliphatic carbocycles. The summed E-state index contributed by atoms with van der Waals surface area (Å²) in [6, 6.07) is 4.68. The van der Waals surface area contributed by atoms with Gasteiger partial charge in [-0.25, -0.2) is 18.2 Å². The number of alkyl halides is 2. The first-order valence-electron chi connectivity index (χ1n) is 7.42. The van der Waals surface area contributed by atoms with E-state index in [1.54, 1.807) is 0 Å². The van der Waals surface area contributed by atoms with Crippen LogP contribution in [0, 0.1) is 17.1 Å². The highest BCUT2D eigenvalue weighted by Crippen LogP contribution is 2.41. The van der Waals surface area contributed by atoms with Crippen molar-refractivity contribution in [1.82, 2.24) is 20.4 Å². The molecule has 5 nitrogen and oxygen atoms in total. The van der Waals surface area contributed by atoms with E-state index in [9.17, 15) is 13.2 Å². The van der Waals surface area contributed by atoms with Gasteiger partial charge < -0.3 is 9.99 Å². The summed E-state index contributed by atoms with van der Waals surface area (Å²) in [4.78, 5) is 4.42. The van der Waals surface area contributed by atoms with Crippen LogP contribution in [-0.4, -0.2) is 16.0 Å². The van der Waals surface area contributed by atoms with Gasteiger partial charge in [-0.2, -0.15) is 5.26 Å². The third-order valence-corrected chi connectivity index (χ3v) is 4.06. The van der Waals surface area contributed by atoms with Gasteiger partial charge in [-0.15, -0.1) is 0 Å². The van der Waals surface area contributed by atoms with Crippen LogP contribution in [-0.2, 0) is 0 Å². The number of nitriles is 1. The van der Waals surface area contributed by atoms with Crippen LogP contribution in [0.1, 0.15) is 30.3 Å². The summed E-state index contributed by atoms with van der Waals surface area (Å²) >= 11 is 0. The molecule has 0 amide bonds. The molecule has 0 unspecified atom stereocenters. The lowest BCUT2D eigenvalue weighted by molar-refractivity contribution is 0.177. The Morgan fingerprint density at radius 3 is 2.79 bits per heavy atom. The molecule has 2 aliphatic rings. The number of imidazole rings is 1. The molecule has 4 rings (SSSR count). The number of hydrogen-bond donors (Lipinski definition) is 2. The predicted octanol–water partition coefficient (Wildman–Crippen LogP) is 2.98. The van der Waals surface area contributed by atoms with E-state index in [-0.39, 0.29) is 17.3 Å². The van der Waals surface area contributed by atoms with E-state index in [2.05, 4.69) is 15.8 Å². The summed E-state index contributed by atoms with van der Waals surface area (Å²) in [6.45, 7) is 0. The van der Waals surface area contributed by atoms with Gasteiger partial charge in [-0.1, -0.05) is 0 Å². The normalized spacial score (nSPS) is 17.1. The fourth-order valence-corrected chi connectivity index (χ4v) is 2.80. The number of halogens is 3. The molecule has 1 aromatic carbocycles. The molecule has 1 fully saturated rings. The van der Waals surface area contributed by atoms with Crippen LogP contribution in [0.5, 0.6) is 0 Å². The largest absolute Gasteiger partial charge is 0.321 e. The molecule has 8 heteroatoms. The number of hydrazine groups is 1. The molecule has 2 heterocycles. The van der Waals surface area contributed by atoms with Gasteiger partial charge in [0.15, 0.2) is 0 Å². The van der Waals surface area contributed by atoms with Gasteiger partial charge in [0, 0.05) is 23.9 Å². The Labute approximate surface area is 135 Å². The third kappa shape index (κ3) is 2.29. The summed E-state index contributed by atoms with van der Waals surface area (Å²) < 4.78 is 41.6. The molecule has 1 saturated carbocycles. The predicted molar refractivity (Wildman–Crippen MR) is 81.0 cm³/mol. The molecule has 1 aromatic heterocycles. The van der Waals surface area contributed by atoms with Crippen LogP contribution >= 0.6 is 0 Å². The second-order valence-corrected chi connectivity index (χ2v) is 5.74. The highest BCUT2D eigenvalue weighted by molar-refractivity contribution is 5.84. The Hall–Kier alpha value is -2.95. The monoisotopic (exact) mass is 331 g/mol. The van der Waals surface area contributed by atoms with Crippen molar-refractivity contribution < 1.29 is 13.2 Å². The molecule has 2 N–H and O–H groups in total. The zero-order valence-electron chi connectivity index (χ0n) is 12.4. The number of fused-ring (bicyclic) bond motifs is 1. The molecule has 0 radical (unpaired) electrons. The van der Waals surface area contributed by atoms with Gasteiger partial charge >= 0.3 is 0 Å². The van der Waals surface area contributed by atoms with E-state index in [1.807, 2.05) is 10.6 Å². The van der Waals surface area contributed by atoms with Crippen molar-refractivity contribution in [2.45, 2.75) is 25.3 Å². The Morgan fingerprint density at radius 2 is 2.12 bits per heavy atom. The molecule has 24 heavy (non-hydrogen) atoms. The summed E-state index contributed by atoms with van der Waals surface area (Å²) in [6.07, 6.45) is 2.07. The first-order valence-corrected chi connectivity index (χ1v) is 7.42. The summed E-state index contributed by atoms with van der Waals surface area (Å²) in [5.41, 5.74) is 6.18. The standard InChI is InChI=1S/C16H12F3N5/c17-11-5-12-14(4-8(11)6-20)24(10-1-2-10)16(22-12)9-3-13(15(18)19)23-21-7-9/h3-5,7,10,15,21,23H,1-2H2. The van der Waals surface area contributed by atoms with Crippen LogP contribution in [0.2, 0.25) is 0 Å². The topological polar surface area (TPSA) is 65.7 Å². The Morgan fingerprint density at radius 1 is 1.33 bits per heavy atom. The van der Waals surface area contributed by atoms with Gasteiger partial charge in [0.1, 0.15) is 17.7 Å². The minimum absolute atomic E-state index is 0.0583. The van der Waals surface area contributed by atoms with Crippen molar-refractivity contribution in [1.29, 1.82) is 5.26 Å². The van der Waals surface area contributed by atoms with Gasteiger partial charge in [0.05, 0.1) is 22.3 Å². The third-order valence-electron chi connectivity index (χ3n) is 4.06. The molecule has 2 aromatic rings. The quantitative estimate of drug-likeness (QED) is 0.907. The molecule has 0 saturated heterocycles. The van der Waals surface area contributed by atoms with Crippen molar-refractivity contribution in [2.24, 2.45) is 0 Å². The van der Waals surface area contributed by atoms with Crippen LogP contribution in [0.15, 0.2) is 30.1 Å². The smallest absolute Gasteiger partial charge is 0.279 e. The van der Waals surface area contributed by atoms with Crippen molar-refractivity contribution in [3.8, 4) is 6.07 Å². The molecular weight excluding hydrogens is 319 g/mol. The van der Waals surface area contributed by atoms with Gasteiger partial charge in [-0.3, -0.25) is 5.43 Å². The van der Waals surface area contributed by atoms with E-state index < -0.39 is 12.2 Å². The number of allylic oxidation sites excluding steroid dienone is 3. The average molecular weight is 331 g/mol. The number of nitrogens with zero attached hydrogens (tertiary/aromatic N) is 3. The van der Waals surface area contributed by atoms with E-state index in [0.29, 0.717) is 22.4 Å². The van der Waals surface area contributed by atoms with Gasteiger partial charge in [-0.05, 0) is 25.0 Å². The van der Waals surface area contributed by atoms with Crippen LogP contribution in [0.3, 0.4) is 0 Å². The molecule has 0 bridgehead atoms. The Bertz CT molecular complexity index is 931. The molecule has 1 aliphatic heterocycles. The number of rotatable bonds is 3. The van der Waals surface area contributed by atoms with Crippen LogP contribution in [0.25, 0.3) is 16.6 Å². The van der Waals surface area contributed by atoms with Crippen molar-refractivity contribution in [3.63, 3.8) is 0 Å². The minimum atomic E-state index is -2.65. The number of aromatic nitrogens is 2. The van der Waals surface area contributed by atoms with Crippen LogP contribution in [0.4, 0.5) is 13.2 Å². The Balaban J connectivity index is 1.91. The van der Waals surface area contributed by atoms with E-state index in [0.717, 1.165) is 12.8 Å². The van der Waals surface area contributed by atoms with Crippen molar-refractivity contribution in [3.05, 3.63) is 47.3 Å². The second kappa shape index (κ2) is 5.30. The van der Waals surface area contributed by atoms with Crippen molar-refractivity contribution in [2.75, 3.05) is 0 Å². The summed E-state index contributed by atoms with van der Waals surface area (Å²) in [5.74, 6) is -0.160. The lowest BCUT2D eigenvalue weighted by Crippen LogP contribution is -2.32. The maximum absolute atomic E-state index is 13.9. The average Bonchev–Trinajstić information content (AvgIpc) is 3.35. The van der Waals surface area contributed by atoms with Gasteiger partial charge in [0.25, 0.3) is 6.43 Å². The number of benzene rings is 1. The maximum Gasteiger partial charge on any atom is 0.279 e. The zero-order chi connectivity index (χ0) is 16.8. The van der Waals surface area contributed by atoms with E-state index >= 15 is 0 Å². The SMILES string of the molecule is N#Cc1cc2c(cc1F)nc(C1=CNNC(C(F)F)=C1)n2C1CC1. The zero-order valence-corrected chi connectivity index (χ0v) is 12.4. The number of nitrogens with one attached hydrogen (secondary N) is 2. The second-order valence-electron chi connectivity index (χ2n) is 5.74. The van der Waals surface area contributed by atoms with Gasteiger partial charge in [0.2, 0.25) is 0 Å². The van der Waals surface area contributed by atoms with E-state index in [1.165, 1.54) is 24.4 Å². The summed E-state index contributed by atoms with van der Waals surface area (Å²) in [7, 11) is 0. The minimum Gasteiger partial charge on any atom is -0.321 e. The fraction of sp³-hybridized carbons (Fsp3) is 0.250.